The molecule has 0 atom stereocenters. The summed E-state index contributed by atoms with van der Waals surface area (Å²) < 4.78 is 0. The lowest BCUT2D eigenvalue weighted by Gasteiger charge is -2.24. The minimum absolute atomic E-state index is 0.354. The third-order valence-corrected chi connectivity index (χ3v) is 4.09. The van der Waals surface area contributed by atoms with Crippen LogP contribution in [0.1, 0.15) is 41.6 Å². The summed E-state index contributed by atoms with van der Waals surface area (Å²) in [5, 5.41) is 12.3. The molecular formula is C16H24N2O2. The van der Waals surface area contributed by atoms with E-state index in [1.54, 1.807) is 18.2 Å². The van der Waals surface area contributed by atoms with Gasteiger partial charge in [0.05, 0.1) is 5.56 Å². The second-order valence-electron chi connectivity index (χ2n) is 5.60. The molecule has 1 aliphatic rings. The summed E-state index contributed by atoms with van der Waals surface area (Å²) in [5.74, 6) is -0.868. The largest absolute Gasteiger partial charge is 0.478 e. The van der Waals surface area contributed by atoms with E-state index in [-0.39, 0.29) is 0 Å². The number of aromatic carboxylic acids is 1. The van der Waals surface area contributed by atoms with E-state index in [2.05, 4.69) is 17.3 Å². The third-order valence-electron chi connectivity index (χ3n) is 4.09. The molecule has 0 aromatic heterocycles. The molecule has 0 heterocycles. The first-order chi connectivity index (χ1) is 9.66. The van der Waals surface area contributed by atoms with Gasteiger partial charge in [0.2, 0.25) is 0 Å². The summed E-state index contributed by atoms with van der Waals surface area (Å²) in [6.45, 7) is 2.70. The van der Waals surface area contributed by atoms with Crippen LogP contribution < -0.4 is 5.32 Å². The Kier molecular flexibility index (Phi) is 5.56. The van der Waals surface area contributed by atoms with Crippen molar-refractivity contribution in [2.45, 2.75) is 38.3 Å². The Labute approximate surface area is 120 Å². The zero-order chi connectivity index (χ0) is 14.4. The number of hydrogen-bond acceptors (Lipinski definition) is 3. The molecule has 1 fully saturated rings. The Morgan fingerprint density at radius 1 is 1.40 bits per heavy atom. The van der Waals surface area contributed by atoms with Crippen LogP contribution in [0.4, 0.5) is 0 Å². The first-order valence-corrected chi connectivity index (χ1v) is 7.40. The molecule has 4 heteroatoms. The van der Waals surface area contributed by atoms with Crippen LogP contribution >= 0.6 is 0 Å². The fourth-order valence-electron chi connectivity index (χ4n) is 2.83. The minimum Gasteiger partial charge on any atom is -0.478 e. The first-order valence-electron chi connectivity index (χ1n) is 7.40. The van der Waals surface area contributed by atoms with E-state index in [0.29, 0.717) is 5.56 Å². The molecule has 0 amide bonds. The molecular weight excluding hydrogens is 252 g/mol. The summed E-state index contributed by atoms with van der Waals surface area (Å²) in [7, 11) is 2.20. The number of likely N-dealkylation sites (N-methyl/N-ethyl adjacent to an activating group) is 1. The lowest BCUT2D eigenvalue weighted by molar-refractivity contribution is 0.0696. The predicted octanol–water partition coefficient (Wildman–Crippen LogP) is 2.35. The molecule has 1 aliphatic carbocycles. The van der Waals surface area contributed by atoms with Crippen LogP contribution in [0.25, 0.3) is 0 Å². The van der Waals surface area contributed by atoms with Gasteiger partial charge in [-0.05, 0) is 37.6 Å². The van der Waals surface area contributed by atoms with E-state index in [0.717, 1.165) is 31.2 Å². The molecule has 1 aromatic rings. The van der Waals surface area contributed by atoms with Crippen molar-refractivity contribution < 1.29 is 9.90 Å². The Hall–Kier alpha value is -1.39. The summed E-state index contributed by atoms with van der Waals surface area (Å²) in [6.07, 6.45) is 5.39. The van der Waals surface area contributed by atoms with E-state index in [1.165, 1.54) is 25.7 Å². The van der Waals surface area contributed by atoms with Crippen LogP contribution in [0.5, 0.6) is 0 Å². The normalized spacial score (nSPS) is 15.9. The summed E-state index contributed by atoms with van der Waals surface area (Å²) in [4.78, 5) is 13.3. The van der Waals surface area contributed by atoms with Gasteiger partial charge in [-0.15, -0.1) is 0 Å². The van der Waals surface area contributed by atoms with Gasteiger partial charge in [-0.25, -0.2) is 4.79 Å². The minimum atomic E-state index is -0.868. The summed E-state index contributed by atoms with van der Waals surface area (Å²) in [6, 6.07) is 7.87. The van der Waals surface area contributed by atoms with E-state index >= 15 is 0 Å². The second-order valence-corrected chi connectivity index (χ2v) is 5.60. The molecule has 2 rings (SSSR count). The maximum absolute atomic E-state index is 10.9. The van der Waals surface area contributed by atoms with Gasteiger partial charge in [-0.1, -0.05) is 25.0 Å². The zero-order valence-corrected chi connectivity index (χ0v) is 12.1. The standard InChI is InChI=1S/C16H24N2O2/c1-18(15-7-2-3-8-15)10-9-17-12-13-5-4-6-14(11-13)16(19)20/h4-6,11,15,17H,2-3,7-10,12H2,1H3,(H,19,20). The maximum Gasteiger partial charge on any atom is 0.335 e. The molecule has 0 radical (unpaired) electrons. The highest BCUT2D eigenvalue weighted by Crippen LogP contribution is 2.21. The third kappa shape index (κ3) is 4.32. The average Bonchev–Trinajstić information content (AvgIpc) is 2.98. The Bertz CT molecular complexity index is 442. The molecule has 0 unspecified atom stereocenters. The molecule has 110 valence electrons. The van der Waals surface area contributed by atoms with Crippen LogP contribution in [0.2, 0.25) is 0 Å². The van der Waals surface area contributed by atoms with E-state index in [4.69, 9.17) is 5.11 Å². The topological polar surface area (TPSA) is 52.6 Å². The predicted molar refractivity (Wildman–Crippen MR) is 80.0 cm³/mol. The SMILES string of the molecule is CN(CCNCc1cccc(C(=O)O)c1)C1CCCC1. The van der Waals surface area contributed by atoms with Gasteiger partial charge in [0.25, 0.3) is 0 Å². The monoisotopic (exact) mass is 276 g/mol. The van der Waals surface area contributed by atoms with E-state index in [9.17, 15) is 4.79 Å². The number of nitrogens with one attached hydrogen (secondary N) is 1. The summed E-state index contributed by atoms with van der Waals surface area (Å²) >= 11 is 0. The van der Waals surface area contributed by atoms with Crippen LogP contribution in [0.15, 0.2) is 24.3 Å². The number of nitrogens with zero attached hydrogens (tertiary/aromatic N) is 1. The van der Waals surface area contributed by atoms with Crippen LogP contribution in [-0.4, -0.2) is 42.2 Å². The fraction of sp³-hybridized carbons (Fsp3) is 0.562. The van der Waals surface area contributed by atoms with Gasteiger partial charge in [0.1, 0.15) is 0 Å². The van der Waals surface area contributed by atoms with Crippen LogP contribution in [0.3, 0.4) is 0 Å². The highest BCUT2D eigenvalue weighted by Gasteiger charge is 2.18. The van der Waals surface area contributed by atoms with E-state index < -0.39 is 5.97 Å². The smallest absolute Gasteiger partial charge is 0.335 e. The maximum atomic E-state index is 10.9. The van der Waals surface area contributed by atoms with Crippen molar-refractivity contribution in [3.8, 4) is 0 Å². The Balaban J connectivity index is 1.70. The van der Waals surface area contributed by atoms with E-state index in [1.807, 2.05) is 6.07 Å². The molecule has 20 heavy (non-hydrogen) atoms. The van der Waals surface area contributed by atoms with Crippen molar-refractivity contribution in [3.63, 3.8) is 0 Å². The van der Waals surface area contributed by atoms with Gasteiger partial charge < -0.3 is 15.3 Å². The molecule has 2 N–H and O–H groups in total. The number of hydrogen-bond donors (Lipinski definition) is 2. The fourth-order valence-corrected chi connectivity index (χ4v) is 2.83. The number of carbonyl (C=O) groups is 1. The Morgan fingerprint density at radius 2 is 2.15 bits per heavy atom. The molecule has 0 bridgehead atoms. The zero-order valence-electron chi connectivity index (χ0n) is 12.1. The molecule has 0 spiro atoms. The van der Waals surface area contributed by atoms with Crippen molar-refractivity contribution >= 4 is 5.97 Å². The van der Waals surface area contributed by atoms with Crippen molar-refractivity contribution in [2.75, 3.05) is 20.1 Å². The number of rotatable bonds is 7. The number of carboxylic acid groups (broad SMARTS) is 1. The van der Waals surface area contributed by atoms with Gasteiger partial charge >= 0.3 is 5.97 Å². The van der Waals surface area contributed by atoms with Gasteiger partial charge in [-0.2, -0.15) is 0 Å². The molecule has 0 aliphatic heterocycles. The van der Waals surface area contributed by atoms with Crippen molar-refractivity contribution in [3.05, 3.63) is 35.4 Å². The molecule has 1 saturated carbocycles. The summed E-state index contributed by atoms with van der Waals surface area (Å²) in [5.41, 5.74) is 1.38. The number of benzene rings is 1. The van der Waals surface area contributed by atoms with Gasteiger partial charge in [0, 0.05) is 25.7 Å². The van der Waals surface area contributed by atoms with Crippen molar-refractivity contribution in [1.29, 1.82) is 0 Å². The molecule has 4 nitrogen and oxygen atoms in total. The lowest BCUT2D eigenvalue weighted by Crippen LogP contribution is -2.35. The first kappa shape index (κ1) is 15.0. The van der Waals surface area contributed by atoms with Crippen LogP contribution in [0, 0.1) is 0 Å². The number of carboxylic acids is 1. The van der Waals surface area contributed by atoms with Gasteiger partial charge in [-0.3, -0.25) is 0 Å². The lowest BCUT2D eigenvalue weighted by atomic mass is 10.1. The van der Waals surface area contributed by atoms with Crippen molar-refractivity contribution in [1.82, 2.24) is 10.2 Å². The molecule has 0 saturated heterocycles. The highest BCUT2D eigenvalue weighted by molar-refractivity contribution is 5.87. The van der Waals surface area contributed by atoms with Crippen LogP contribution in [-0.2, 0) is 6.54 Å². The van der Waals surface area contributed by atoms with Gasteiger partial charge in [0.15, 0.2) is 0 Å². The molecule has 1 aromatic carbocycles. The highest BCUT2D eigenvalue weighted by atomic mass is 16.4. The second kappa shape index (κ2) is 7.41. The average molecular weight is 276 g/mol. The quantitative estimate of drug-likeness (QED) is 0.751. The van der Waals surface area contributed by atoms with Crippen molar-refractivity contribution in [2.24, 2.45) is 0 Å². The Morgan fingerprint density at radius 3 is 2.85 bits per heavy atom.